The van der Waals surface area contributed by atoms with Crippen molar-refractivity contribution in [2.75, 3.05) is 5.73 Å². The highest BCUT2D eigenvalue weighted by molar-refractivity contribution is 6.83. The molecular weight excluding hydrogens is 190 g/mol. The molecule has 0 aromatic heterocycles. The summed E-state index contributed by atoms with van der Waals surface area (Å²) >= 11 is 0. The molecule has 0 spiro atoms. The Hall–Kier alpha value is -0.546. The molecule has 0 fully saturated rings. The summed E-state index contributed by atoms with van der Waals surface area (Å²) in [7, 11) is -1.45. The molecule has 2 N–H and O–H groups in total. The van der Waals surface area contributed by atoms with Gasteiger partial charge in [-0.05, 0) is 11.3 Å². The maximum atomic E-state index is 6.02. The van der Waals surface area contributed by atoms with Gasteiger partial charge in [-0.2, -0.15) is 0 Å². The standard InChI is InChI=1S/C10H19NSi2/c1-12(2)9-7-5-6-8(11)10(9)13(3)4/h5-7,12-13H,11H2,1-4H3. The predicted molar refractivity (Wildman–Crippen MR) is 67.9 cm³/mol. The Morgan fingerprint density at radius 3 is 2.00 bits per heavy atom. The second kappa shape index (κ2) is 4.11. The van der Waals surface area contributed by atoms with Crippen LogP contribution in [-0.2, 0) is 0 Å². The largest absolute Gasteiger partial charge is 0.399 e. The van der Waals surface area contributed by atoms with Gasteiger partial charge in [0.1, 0.15) is 0 Å². The van der Waals surface area contributed by atoms with Crippen LogP contribution >= 0.6 is 0 Å². The number of benzene rings is 1. The van der Waals surface area contributed by atoms with Gasteiger partial charge in [-0.3, -0.25) is 0 Å². The van der Waals surface area contributed by atoms with Crippen LogP contribution in [0.25, 0.3) is 0 Å². The highest BCUT2D eigenvalue weighted by Crippen LogP contribution is 1.99. The summed E-state index contributed by atoms with van der Waals surface area (Å²) in [6, 6.07) is 6.41. The molecular formula is C10H19NSi2. The van der Waals surface area contributed by atoms with E-state index in [9.17, 15) is 0 Å². The van der Waals surface area contributed by atoms with E-state index in [1.165, 1.54) is 5.19 Å². The summed E-state index contributed by atoms with van der Waals surface area (Å²) < 4.78 is 0. The van der Waals surface area contributed by atoms with Crippen molar-refractivity contribution >= 4 is 33.7 Å². The highest BCUT2D eigenvalue weighted by Gasteiger charge is 2.13. The Labute approximate surface area is 84.2 Å². The van der Waals surface area contributed by atoms with Gasteiger partial charge in [0.2, 0.25) is 0 Å². The Bertz CT molecular complexity index is 295. The van der Waals surface area contributed by atoms with Gasteiger partial charge in [0.05, 0.1) is 17.6 Å². The van der Waals surface area contributed by atoms with Crippen molar-refractivity contribution in [1.29, 1.82) is 0 Å². The molecule has 0 heterocycles. The second-order valence-corrected chi connectivity index (χ2v) is 9.98. The lowest BCUT2D eigenvalue weighted by atomic mass is 10.3. The van der Waals surface area contributed by atoms with Crippen LogP contribution in [0.15, 0.2) is 18.2 Å². The SMILES string of the molecule is C[SiH](C)c1cccc(N)c1[SiH](C)C. The predicted octanol–water partition coefficient (Wildman–Crippen LogP) is 0.656. The molecule has 0 atom stereocenters. The molecule has 1 aromatic carbocycles. The van der Waals surface area contributed by atoms with Crippen LogP contribution in [0.3, 0.4) is 0 Å². The van der Waals surface area contributed by atoms with Crippen LogP contribution < -0.4 is 16.1 Å². The summed E-state index contributed by atoms with van der Waals surface area (Å²) in [5.74, 6) is 0. The number of nitrogens with two attached hydrogens (primary N) is 1. The third-order valence-corrected chi connectivity index (χ3v) is 6.28. The molecule has 1 aromatic rings. The van der Waals surface area contributed by atoms with E-state index in [0.29, 0.717) is 0 Å². The minimum absolute atomic E-state index is 0.698. The maximum absolute atomic E-state index is 6.02. The topological polar surface area (TPSA) is 26.0 Å². The lowest BCUT2D eigenvalue weighted by molar-refractivity contribution is 1.73. The third-order valence-electron chi connectivity index (χ3n) is 2.37. The molecule has 0 bridgehead atoms. The van der Waals surface area contributed by atoms with Crippen molar-refractivity contribution in [3.63, 3.8) is 0 Å². The molecule has 3 heteroatoms. The average Bonchev–Trinajstić information content (AvgIpc) is 2.02. The Kier molecular flexibility index (Phi) is 3.33. The number of nitrogen functional groups attached to an aromatic ring is 1. The van der Waals surface area contributed by atoms with Crippen LogP contribution in [0.2, 0.25) is 26.2 Å². The summed E-state index contributed by atoms with van der Waals surface area (Å²) in [4.78, 5) is 0. The van der Waals surface area contributed by atoms with Gasteiger partial charge >= 0.3 is 0 Å². The quantitative estimate of drug-likeness (QED) is 0.562. The first-order valence-electron chi connectivity index (χ1n) is 4.92. The van der Waals surface area contributed by atoms with Crippen molar-refractivity contribution in [2.45, 2.75) is 26.2 Å². The Morgan fingerprint density at radius 1 is 1.00 bits per heavy atom. The van der Waals surface area contributed by atoms with Crippen LogP contribution in [-0.4, -0.2) is 17.6 Å². The molecule has 1 rings (SSSR count). The van der Waals surface area contributed by atoms with Crippen molar-refractivity contribution in [1.82, 2.24) is 0 Å². The smallest absolute Gasteiger partial charge is 0.0672 e. The zero-order chi connectivity index (χ0) is 10.0. The summed E-state index contributed by atoms with van der Waals surface area (Å²) in [5, 5.41) is 3.10. The average molecular weight is 209 g/mol. The molecule has 13 heavy (non-hydrogen) atoms. The van der Waals surface area contributed by atoms with Crippen molar-refractivity contribution in [2.24, 2.45) is 0 Å². The molecule has 0 aliphatic carbocycles. The fraction of sp³-hybridized carbons (Fsp3) is 0.400. The van der Waals surface area contributed by atoms with Gasteiger partial charge in [-0.1, -0.05) is 43.5 Å². The van der Waals surface area contributed by atoms with E-state index in [2.05, 4.69) is 38.3 Å². The van der Waals surface area contributed by atoms with Crippen LogP contribution in [0, 0.1) is 0 Å². The van der Waals surface area contributed by atoms with E-state index in [1.807, 2.05) is 6.07 Å². The van der Waals surface area contributed by atoms with Gasteiger partial charge in [0, 0.05) is 5.69 Å². The summed E-state index contributed by atoms with van der Waals surface area (Å²) in [6.07, 6.45) is 0. The maximum Gasteiger partial charge on any atom is 0.0672 e. The Balaban J connectivity index is 3.26. The van der Waals surface area contributed by atoms with E-state index in [4.69, 9.17) is 5.73 Å². The molecule has 0 aliphatic heterocycles. The zero-order valence-corrected chi connectivity index (χ0v) is 11.3. The Morgan fingerprint density at radius 2 is 1.62 bits per heavy atom. The molecule has 0 radical (unpaired) electrons. The molecule has 0 unspecified atom stereocenters. The molecule has 0 amide bonds. The van der Waals surface area contributed by atoms with E-state index in [1.54, 1.807) is 5.19 Å². The lowest BCUT2D eigenvalue weighted by Crippen LogP contribution is -2.45. The first kappa shape index (κ1) is 10.5. The molecule has 0 aliphatic rings. The minimum Gasteiger partial charge on any atom is -0.399 e. The van der Waals surface area contributed by atoms with Crippen LogP contribution in [0.5, 0.6) is 0 Å². The fourth-order valence-corrected chi connectivity index (χ4v) is 6.58. The normalized spacial score (nSPS) is 11.2. The first-order valence-corrected chi connectivity index (χ1v) is 10.7. The van der Waals surface area contributed by atoms with Gasteiger partial charge in [-0.25, -0.2) is 0 Å². The molecule has 0 saturated carbocycles. The number of rotatable bonds is 2. The van der Waals surface area contributed by atoms with Crippen molar-refractivity contribution in [3.05, 3.63) is 18.2 Å². The van der Waals surface area contributed by atoms with E-state index < -0.39 is 17.6 Å². The lowest BCUT2D eigenvalue weighted by Gasteiger charge is -2.16. The minimum atomic E-state index is -0.754. The van der Waals surface area contributed by atoms with Crippen molar-refractivity contribution < 1.29 is 0 Å². The van der Waals surface area contributed by atoms with E-state index >= 15 is 0 Å². The van der Waals surface area contributed by atoms with Crippen molar-refractivity contribution in [3.8, 4) is 0 Å². The summed E-state index contributed by atoms with van der Waals surface area (Å²) in [6.45, 7) is 9.45. The number of hydrogen-bond acceptors (Lipinski definition) is 1. The second-order valence-electron chi connectivity index (χ2n) is 4.16. The first-order chi connectivity index (χ1) is 6.04. The molecule has 72 valence electrons. The summed E-state index contributed by atoms with van der Waals surface area (Å²) in [5.41, 5.74) is 7.05. The van der Waals surface area contributed by atoms with Gasteiger partial charge in [0.25, 0.3) is 0 Å². The van der Waals surface area contributed by atoms with Gasteiger partial charge < -0.3 is 5.73 Å². The van der Waals surface area contributed by atoms with Gasteiger partial charge in [0.15, 0.2) is 0 Å². The van der Waals surface area contributed by atoms with Crippen LogP contribution in [0.4, 0.5) is 5.69 Å². The highest BCUT2D eigenvalue weighted by atomic mass is 28.3. The number of hydrogen-bond donors (Lipinski definition) is 1. The molecule has 0 saturated heterocycles. The van der Waals surface area contributed by atoms with E-state index in [-0.39, 0.29) is 0 Å². The van der Waals surface area contributed by atoms with Gasteiger partial charge in [-0.15, -0.1) is 0 Å². The molecule has 1 nitrogen and oxygen atoms in total. The monoisotopic (exact) mass is 209 g/mol. The van der Waals surface area contributed by atoms with Crippen LogP contribution in [0.1, 0.15) is 0 Å². The zero-order valence-electron chi connectivity index (χ0n) is 8.96. The third kappa shape index (κ3) is 2.22. The number of anilines is 1. The van der Waals surface area contributed by atoms with E-state index in [0.717, 1.165) is 5.69 Å². The fourth-order valence-electron chi connectivity index (χ4n) is 1.77.